The molecule has 0 fully saturated rings. The molecule has 0 aliphatic carbocycles. The Bertz CT molecular complexity index is 1430. The minimum atomic E-state index is -3.99. The van der Waals surface area contributed by atoms with Crippen LogP contribution in [-0.4, -0.2) is 64.2 Å². The van der Waals surface area contributed by atoms with E-state index in [0.29, 0.717) is 11.3 Å². The maximum atomic E-state index is 14.1. The number of halogens is 1. The Kier molecular flexibility index (Phi) is 10.7. The summed E-state index contributed by atoms with van der Waals surface area (Å²) < 4.78 is 51.2. The van der Waals surface area contributed by atoms with Gasteiger partial charge in [0.1, 0.15) is 29.9 Å². The third kappa shape index (κ3) is 8.68. The Morgan fingerprint density at radius 3 is 2.15 bits per heavy atom. The lowest BCUT2D eigenvalue weighted by molar-refractivity contribution is -0.140. The molecule has 0 radical (unpaired) electrons. The molecule has 0 unspecified atom stereocenters. The molecule has 0 aliphatic heterocycles. The Morgan fingerprint density at radius 1 is 0.927 bits per heavy atom. The van der Waals surface area contributed by atoms with Crippen molar-refractivity contribution in [3.63, 3.8) is 0 Å². The molecule has 11 heteroatoms. The number of carbonyl (C=O) groups excluding carboxylic acids is 2. The molecule has 41 heavy (non-hydrogen) atoms. The van der Waals surface area contributed by atoms with Gasteiger partial charge in [-0.2, -0.15) is 0 Å². The van der Waals surface area contributed by atoms with Gasteiger partial charge in [0.25, 0.3) is 0 Å². The summed E-state index contributed by atoms with van der Waals surface area (Å²) >= 11 is 0. The Balaban J connectivity index is 2.08. The highest BCUT2D eigenvalue weighted by molar-refractivity contribution is 7.92. The van der Waals surface area contributed by atoms with Gasteiger partial charge in [-0.3, -0.25) is 13.9 Å². The summed E-state index contributed by atoms with van der Waals surface area (Å²) in [5.41, 5.74) is 1.52. The van der Waals surface area contributed by atoms with Crippen LogP contribution < -0.4 is 19.1 Å². The van der Waals surface area contributed by atoms with E-state index in [1.165, 1.54) is 55.5 Å². The Labute approximate surface area is 240 Å². The maximum Gasteiger partial charge on any atom is 0.244 e. The molecule has 220 valence electrons. The number of carbonyl (C=O) groups is 2. The average molecular weight is 586 g/mol. The Morgan fingerprint density at radius 2 is 1.59 bits per heavy atom. The van der Waals surface area contributed by atoms with Crippen LogP contribution in [0.5, 0.6) is 11.5 Å². The second kappa shape index (κ2) is 14.0. The zero-order chi connectivity index (χ0) is 30.2. The van der Waals surface area contributed by atoms with Gasteiger partial charge in [0.15, 0.2) is 0 Å². The van der Waals surface area contributed by atoms with Gasteiger partial charge in [-0.15, -0.1) is 0 Å². The van der Waals surface area contributed by atoms with E-state index in [1.54, 1.807) is 6.07 Å². The molecular weight excluding hydrogens is 549 g/mol. The number of nitrogens with one attached hydrogen (secondary N) is 1. The van der Waals surface area contributed by atoms with E-state index < -0.39 is 40.2 Å². The van der Waals surface area contributed by atoms with Gasteiger partial charge >= 0.3 is 0 Å². The quantitative estimate of drug-likeness (QED) is 0.328. The van der Waals surface area contributed by atoms with Gasteiger partial charge in [0.2, 0.25) is 21.8 Å². The molecule has 0 aliphatic rings. The SMILES string of the molecule is COc1ccc(N(CC(=O)N(Cc2ccc(F)cc2)[C@@H](Cc2ccccc2)C(=O)NC(C)C)S(C)(=O)=O)c(OC)c1. The van der Waals surface area contributed by atoms with Crippen LogP contribution in [0.4, 0.5) is 10.1 Å². The first kappa shape index (κ1) is 31.4. The van der Waals surface area contributed by atoms with Crippen LogP contribution >= 0.6 is 0 Å². The van der Waals surface area contributed by atoms with Crippen molar-refractivity contribution in [2.75, 3.05) is 31.3 Å². The second-order valence-electron chi connectivity index (χ2n) is 9.82. The van der Waals surface area contributed by atoms with Crippen molar-refractivity contribution in [2.24, 2.45) is 0 Å². The van der Waals surface area contributed by atoms with Crippen molar-refractivity contribution >= 4 is 27.5 Å². The third-order valence-electron chi connectivity index (χ3n) is 6.30. The first-order chi connectivity index (χ1) is 19.4. The molecule has 0 heterocycles. The molecule has 2 amide bonds. The summed E-state index contributed by atoms with van der Waals surface area (Å²) in [5, 5.41) is 2.88. The first-order valence-corrected chi connectivity index (χ1v) is 14.9. The lowest BCUT2D eigenvalue weighted by Crippen LogP contribution is -2.54. The number of ether oxygens (including phenoxy) is 2. The second-order valence-corrected chi connectivity index (χ2v) is 11.7. The van der Waals surface area contributed by atoms with Crippen LogP contribution in [0.3, 0.4) is 0 Å². The lowest BCUT2D eigenvalue weighted by Gasteiger charge is -2.34. The monoisotopic (exact) mass is 585 g/mol. The van der Waals surface area contributed by atoms with Crippen LogP contribution in [0.25, 0.3) is 0 Å². The van der Waals surface area contributed by atoms with Crippen LogP contribution in [0.1, 0.15) is 25.0 Å². The number of benzene rings is 3. The third-order valence-corrected chi connectivity index (χ3v) is 7.43. The van der Waals surface area contributed by atoms with Gasteiger partial charge in [-0.1, -0.05) is 42.5 Å². The van der Waals surface area contributed by atoms with Gasteiger partial charge < -0.3 is 19.7 Å². The van der Waals surface area contributed by atoms with Gasteiger partial charge in [0.05, 0.1) is 26.2 Å². The number of amides is 2. The maximum absolute atomic E-state index is 14.1. The fraction of sp³-hybridized carbons (Fsp3) is 0.333. The standard InChI is InChI=1S/C30H36FN3O6S/c1-21(2)32-30(36)27(17-22-9-7-6-8-10-22)33(19-23-11-13-24(31)14-12-23)29(35)20-34(41(5,37)38)26-16-15-25(39-3)18-28(26)40-4/h6-16,18,21,27H,17,19-20H2,1-5H3,(H,32,36)/t27-/m0/s1. The lowest BCUT2D eigenvalue weighted by atomic mass is 10.0. The van der Waals surface area contributed by atoms with E-state index in [4.69, 9.17) is 9.47 Å². The molecular formula is C30H36FN3O6S. The van der Waals surface area contributed by atoms with Crippen molar-refractivity contribution in [1.82, 2.24) is 10.2 Å². The molecule has 1 atom stereocenters. The minimum Gasteiger partial charge on any atom is -0.497 e. The van der Waals surface area contributed by atoms with E-state index in [2.05, 4.69) is 5.32 Å². The van der Waals surface area contributed by atoms with Crippen molar-refractivity contribution in [3.05, 3.63) is 89.7 Å². The van der Waals surface area contributed by atoms with Crippen molar-refractivity contribution < 1.29 is 31.9 Å². The van der Waals surface area contributed by atoms with Gasteiger partial charge in [-0.25, -0.2) is 12.8 Å². The molecule has 0 saturated heterocycles. The number of hydrogen-bond donors (Lipinski definition) is 1. The Hall–Kier alpha value is -4.12. The van der Waals surface area contributed by atoms with Crippen molar-refractivity contribution in [1.29, 1.82) is 0 Å². The van der Waals surface area contributed by atoms with Crippen molar-refractivity contribution in [3.8, 4) is 11.5 Å². The summed E-state index contributed by atoms with van der Waals surface area (Å²) in [6.07, 6.45) is 1.16. The highest BCUT2D eigenvalue weighted by Crippen LogP contribution is 2.33. The molecule has 0 bridgehead atoms. The average Bonchev–Trinajstić information content (AvgIpc) is 2.93. The zero-order valence-electron chi connectivity index (χ0n) is 23.8. The van der Waals surface area contributed by atoms with E-state index >= 15 is 0 Å². The predicted molar refractivity (Wildman–Crippen MR) is 156 cm³/mol. The summed E-state index contributed by atoms with van der Waals surface area (Å²) in [6, 6.07) is 18.2. The predicted octanol–water partition coefficient (Wildman–Crippen LogP) is 3.77. The molecule has 3 aromatic carbocycles. The number of rotatable bonds is 13. The summed E-state index contributed by atoms with van der Waals surface area (Å²) in [4.78, 5) is 29.0. The highest BCUT2D eigenvalue weighted by Gasteiger charge is 2.34. The number of nitrogens with zero attached hydrogens (tertiary/aromatic N) is 2. The minimum absolute atomic E-state index is 0.0561. The number of hydrogen-bond acceptors (Lipinski definition) is 6. The van der Waals surface area contributed by atoms with E-state index in [1.807, 2.05) is 44.2 Å². The van der Waals surface area contributed by atoms with Gasteiger partial charge in [-0.05, 0) is 49.2 Å². The zero-order valence-corrected chi connectivity index (χ0v) is 24.7. The fourth-order valence-electron chi connectivity index (χ4n) is 4.31. The van der Waals surface area contributed by atoms with Crippen LogP contribution in [0.15, 0.2) is 72.8 Å². The summed E-state index contributed by atoms with van der Waals surface area (Å²) in [7, 11) is -1.14. The van der Waals surface area contributed by atoms with Crippen molar-refractivity contribution in [2.45, 2.75) is 38.9 Å². The van der Waals surface area contributed by atoms with Crippen LogP contribution in [-0.2, 0) is 32.6 Å². The molecule has 0 spiro atoms. The topological polar surface area (TPSA) is 105 Å². The molecule has 1 N–H and O–H groups in total. The number of anilines is 1. The summed E-state index contributed by atoms with van der Waals surface area (Å²) in [5.74, 6) is -0.841. The van der Waals surface area contributed by atoms with E-state index in [0.717, 1.165) is 16.1 Å². The number of sulfonamides is 1. The number of methoxy groups -OCH3 is 2. The highest BCUT2D eigenvalue weighted by atomic mass is 32.2. The summed E-state index contributed by atoms with van der Waals surface area (Å²) in [6.45, 7) is 2.96. The molecule has 9 nitrogen and oxygen atoms in total. The van der Waals surface area contributed by atoms with Crippen LogP contribution in [0, 0.1) is 5.82 Å². The molecule has 0 saturated carbocycles. The fourth-order valence-corrected chi connectivity index (χ4v) is 5.16. The van der Waals surface area contributed by atoms with E-state index in [9.17, 15) is 22.4 Å². The largest absolute Gasteiger partial charge is 0.497 e. The van der Waals surface area contributed by atoms with Gasteiger partial charge in [0, 0.05) is 25.1 Å². The smallest absolute Gasteiger partial charge is 0.244 e. The van der Waals surface area contributed by atoms with Crippen LogP contribution in [0.2, 0.25) is 0 Å². The molecule has 3 aromatic rings. The van der Waals surface area contributed by atoms with E-state index in [-0.39, 0.29) is 30.4 Å². The molecule has 3 rings (SSSR count). The molecule has 0 aromatic heterocycles. The first-order valence-electron chi connectivity index (χ1n) is 13.0. The normalized spacial score (nSPS) is 12.0.